The molecule has 0 saturated heterocycles. The minimum absolute atomic E-state index is 0.583. The second kappa shape index (κ2) is 6.43. The standard InChI is InChI=1S/C17H12Cl2N4S/c18-12-5-10(6-13(19)8-12)9-21-17-22-14-2-1-11(7-15(14)23-17)16-20-3-4-24-16/h1-8H,9H2,(H2,21,22,23). The predicted octanol–water partition coefficient (Wildman–Crippen LogP) is 5.61. The molecule has 0 aliphatic heterocycles. The van der Waals surface area contributed by atoms with E-state index in [1.807, 2.05) is 29.6 Å². The first kappa shape index (κ1) is 15.4. The van der Waals surface area contributed by atoms with E-state index in [-0.39, 0.29) is 0 Å². The van der Waals surface area contributed by atoms with E-state index in [9.17, 15) is 0 Å². The molecule has 2 aromatic carbocycles. The van der Waals surface area contributed by atoms with E-state index in [2.05, 4.69) is 26.3 Å². The smallest absolute Gasteiger partial charge is 0.201 e. The van der Waals surface area contributed by atoms with Crippen LogP contribution < -0.4 is 5.32 Å². The van der Waals surface area contributed by atoms with Crippen molar-refractivity contribution < 1.29 is 0 Å². The normalized spacial score (nSPS) is 11.1. The van der Waals surface area contributed by atoms with Gasteiger partial charge in [0.05, 0.1) is 11.0 Å². The second-order valence-corrected chi connectivity index (χ2v) is 7.05. The van der Waals surface area contributed by atoms with Gasteiger partial charge in [-0.15, -0.1) is 11.3 Å². The summed E-state index contributed by atoms with van der Waals surface area (Å²) in [6.45, 7) is 0.583. The molecular formula is C17H12Cl2N4S. The number of aromatic amines is 1. The summed E-state index contributed by atoms with van der Waals surface area (Å²) in [6, 6.07) is 11.6. The average Bonchev–Trinajstić information content (AvgIpc) is 3.20. The largest absolute Gasteiger partial charge is 0.352 e. The number of H-pyrrole nitrogens is 1. The summed E-state index contributed by atoms with van der Waals surface area (Å²) in [5.74, 6) is 0.706. The summed E-state index contributed by atoms with van der Waals surface area (Å²) >= 11 is 13.7. The number of anilines is 1. The number of aromatic nitrogens is 3. The Balaban J connectivity index is 1.56. The second-order valence-electron chi connectivity index (χ2n) is 5.29. The molecule has 0 fully saturated rings. The zero-order valence-corrected chi connectivity index (χ0v) is 14.7. The minimum Gasteiger partial charge on any atom is -0.352 e. The fraction of sp³-hybridized carbons (Fsp3) is 0.0588. The first-order chi connectivity index (χ1) is 11.7. The van der Waals surface area contributed by atoms with E-state index in [1.54, 1.807) is 23.6 Å². The van der Waals surface area contributed by atoms with E-state index in [0.29, 0.717) is 22.5 Å². The molecule has 2 heterocycles. The molecule has 24 heavy (non-hydrogen) atoms. The highest BCUT2D eigenvalue weighted by atomic mass is 35.5. The fourth-order valence-electron chi connectivity index (χ4n) is 2.49. The van der Waals surface area contributed by atoms with E-state index in [4.69, 9.17) is 23.2 Å². The molecule has 4 rings (SSSR count). The van der Waals surface area contributed by atoms with Crippen LogP contribution in [0.1, 0.15) is 5.56 Å². The molecule has 0 saturated carbocycles. The number of imidazole rings is 1. The molecule has 0 aliphatic rings. The minimum atomic E-state index is 0.583. The van der Waals surface area contributed by atoms with Crippen LogP contribution >= 0.6 is 34.5 Å². The molecule has 0 amide bonds. The van der Waals surface area contributed by atoms with Crippen molar-refractivity contribution >= 4 is 51.5 Å². The van der Waals surface area contributed by atoms with Gasteiger partial charge < -0.3 is 10.3 Å². The Labute approximate surface area is 152 Å². The number of rotatable bonds is 4. The molecule has 7 heteroatoms. The third-order valence-corrected chi connectivity index (χ3v) is 4.80. The van der Waals surface area contributed by atoms with E-state index >= 15 is 0 Å². The Bertz CT molecular complexity index is 975. The third kappa shape index (κ3) is 3.24. The zero-order valence-electron chi connectivity index (χ0n) is 12.4. The van der Waals surface area contributed by atoms with Crippen LogP contribution in [0.2, 0.25) is 10.0 Å². The van der Waals surface area contributed by atoms with Gasteiger partial charge >= 0.3 is 0 Å². The summed E-state index contributed by atoms with van der Waals surface area (Å²) in [4.78, 5) is 12.2. The first-order valence-corrected chi connectivity index (χ1v) is 8.89. The molecule has 0 spiro atoms. The van der Waals surface area contributed by atoms with E-state index in [1.165, 1.54) is 0 Å². The third-order valence-electron chi connectivity index (χ3n) is 3.54. The summed E-state index contributed by atoms with van der Waals surface area (Å²) in [5.41, 5.74) is 3.95. The van der Waals surface area contributed by atoms with Gasteiger partial charge in [0.2, 0.25) is 5.95 Å². The van der Waals surface area contributed by atoms with Gasteiger partial charge in [0.1, 0.15) is 5.01 Å². The molecule has 4 aromatic rings. The summed E-state index contributed by atoms with van der Waals surface area (Å²) in [5, 5.41) is 7.47. The van der Waals surface area contributed by atoms with Crippen molar-refractivity contribution in [1.29, 1.82) is 0 Å². The molecule has 0 atom stereocenters. The maximum absolute atomic E-state index is 6.02. The molecule has 0 radical (unpaired) electrons. The Hall–Kier alpha value is -2.08. The number of fused-ring (bicyclic) bond motifs is 1. The Kier molecular flexibility index (Phi) is 4.14. The van der Waals surface area contributed by atoms with Crippen LogP contribution in [0.3, 0.4) is 0 Å². The first-order valence-electron chi connectivity index (χ1n) is 7.26. The van der Waals surface area contributed by atoms with Gasteiger partial charge in [0.15, 0.2) is 0 Å². The van der Waals surface area contributed by atoms with Crippen LogP contribution in [-0.2, 0) is 6.54 Å². The van der Waals surface area contributed by atoms with E-state index < -0.39 is 0 Å². The predicted molar refractivity (Wildman–Crippen MR) is 101 cm³/mol. The number of nitrogens with one attached hydrogen (secondary N) is 2. The lowest BCUT2D eigenvalue weighted by Crippen LogP contribution is -2.00. The lowest BCUT2D eigenvalue weighted by molar-refractivity contribution is 1.10. The number of nitrogens with zero attached hydrogens (tertiary/aromatic N) is 2. The number of hydrogen-bond donors (Lipinski definition) is 2. The lowest BCUT2D eigenvalue weighted by Gasteiger charge is -2.04. The number of benzene rings is 2. The molecule has 2 N–H and O–H groups in total. The number of thiazole rings is 1. The maximum atomic E-state index is 6.02. The lowest BCUT2D eigenvalue weighted by atomic mass is 10.2. The van der Waals surface area contributed by atoms with Crippen molar-refractivity contribution in [1.82, 2.24) is 15.0 Å². The van der Waals surface area contributed by atoms with Gasteiger partial charge in [-0.25, -0.2) is 9.97 Å². The van der Waals surface area contributed by atoms with Crippen LogP contribution in [0.15, 0.2) is 48.0 Å². The quantitative estimate of drug-likeness (QED) is 0.488. The number of halogens is 2. The van der Waals surface area contributed by atoms with Gasteiger partial charge in [-0.1, -0.05) is 23.2 Å². The van der Waals surface area contributed by atoms with Gasteiger partial charge in [-0.05, 0) is 42.0 Å². The summed E-state index contributed by atoms with van der Waals surface area (Å²) in [7, 11) is 0. The van der Waals surface area contributed by atoms with Crippen LogP contribution in [-0.4, -0.2) is 15.0 Å². The van der Waals surface area contributed by atoms with Crippen LogP contribution in [0, 0.1) is 0 Å². The van der Waals surface area contributed by atoms with Crippen LogP contribution in [0.25, 0.3) is 21.6 Å². The van der Waals surface area contributed by atoms with E-state index in [0.717, 1.165) is 27.2 Å². The molecule has 4 nitrogen and oxygen atoms in total. The van der Waals surface area contributed by atoms with Gasteiger partial charge in [-0.2, -0.15) is 0 Å². The molecule has 120 valence electrons. The molecule has 0 aliphatic carbocycles. The Morgan fingerprint density at radius 2 is 1.92 bits per heavy atom. The van der Waals surface area contributed by atoms with Gasteiger partial charge in [-0.3, -0.25) is 0 Å². The highest BCUT2D eigenvalue weighted by molar-refractivity contribution is 7.13. The van der Waals surface area contributed by atoms with Gasteiger partial charge in [0, 0.05) is 33.7 Å². The van der Waals surface area contributed by atoms with Gasteiger partial charge in [0.25, 0.3) is 0 Å². The van der Waals surface area contributed by atoms with Crippen LogP contribution in [0.5, 0.6) is 0 Å². The van der Waals surface area contributed by atoms with Crippen molar-refractivity contribution in [3.8, 4) is 10.6 Å². The van der Waals surface area contributed by atoms with Crippen LogP contribution in [0.4, 0.5) is 5.95 Å². The average molecular weight is 375 g/mol. The molecular weight excluding hydrogens is 363 g/mol. The van der Waals surface area contributed by atoms with Crippen molar-refractivity contribution in [2.45, 2.75) is 6.54 Å². The number of hydrogen-bond acceptors (Lipinski definition) is 4. The fourth-order valence-corrected chi connectivity index (χ4v) is 3.70. The molecule has 2 aromatic heterocycles. The monoisotopic (exact) mass is 374 g/mol. The topological polar surface area (TPSA) is 53.6 Å². The van der Waals surface area contributed by atoms with Crippen molar-refractivity contribution in [2.24, 2.45) is 0 Å². The van der Waals surface area contributed by atoms with Crippen molar-refractivity contribution in [3.63, 3.8) is 0 Å². The summed E-state index contributed by atoms with van der Waals surface area (Å²) < 4.78 is 0. The highest BCUT2D eigenvalue weighted by Gasteiger charge is 2.07. The SMILES string of the molecule is Clc1cc(Cl)cc(CNc2nc3ccc(-c4nccs4)cc3[nH]2)c1. The Morgan fingerprint density at radius 3 is 2.67 bits per heavy atom. The molecule has 0 unspecified atom stereocenters. The maximum Gasteiger partial charge on any atom is 0.201 e. The highest BCUT2D eigenvalue weighted by Crippen LogP contribution is 2.26. The summed E-state index contributed by atoms with van der Waals surface area (Å²) in [6.07, 6.45) is 1.81. The van der Waals surface area contributed by atoms with Crippen molar-refractivity contribution in [3.05, 3.63) is 63.6 Å². The zero-order chi connectivity index (χ0) is 16.5. The van der Waals surface area contributed by atoms with Crippen molar-refractivity contribution in [2.75, 3.05) is 5.32 Å². The molecule has 0 bridgehead atoms. The Morgan fingerprint density at radius 1 is 1.08 bits per heavy atom.